The molecule has 8 heteroatoms. The van der Waals surface area contributed by atoms with E-state index >= 15 is 0 Å². The van der Waals surface area contributed by atoms with Crippen LogP contribution in [-0.4, -0.2) is 71.6 Å². The highest BCUT2D eigenvalue weighted by molar-refractivity contribution is 5.88. The zero-order chi connectivity index (χ0) is 25.7. The molecule has 2 aromatic carbocycles. The van der Waals surface area contributed by atoms with E-state index in [-0.39, 0.29) is 31.5 Å². The Morgan fingerprint density at radius 1 is 1.11 bits per heavy atom. The van der Waals surface area contributed by atoms with Crippen LogP contribution in [0.4, 0.5) is 0 Å². The lowest BCUT2D eigenvalue weighted by Crippen LogP contribution is -2.38. The molecule has 3 N–H and O–H groups in total. The van der Waals surface area contributed by atoms with Gasteiger partial charge in [-0.25, -0.2) is 4.79 Å². The zero-order valence-corrected chi connectivity index (χ0v) is 20.7. The highest BCUT2D eigenvalue weighted by atomic mass is 16.5. The van der Waals surface area contributed by atoms with Crippen LogP contribution in [0.2, 0.25) is 0 Å². The van der Waals surface area contributed by atoms with E-state index in [2.05, 4.69) is 6.58 Å². The molecule has 5 unspecified atom stereocenters. The molecular weight excluding hydrogens is 464 g/mol. The number of carboxylic acid groups (broad SMARTS) is 1. The summed E-state index contributed by atoms with van der Waals surface area (Å²) in [5.74, 6) is -0.401. The minimum atomic E-state index is -1.03. The Morgan fingerprint density at radius 3 is 2.69 bits per heavy atom. The molecule has 6 atom stereocenters. The van der Waals surface area contributed by atoms with Crippen LogP contribution in [0.15, 0.2) is 48.6 Å². The monoisotopic (exact) mass is 500 g/mol. The second-order valence-electron chi connectivity index (χ2n) is 9.80. The van der Waals surface area contributed by atoms with Gasteiger partial charge in [-0.15, -0.1) is 0 Å². The molecule has 2 fully saturated rings. The van der Waals surface area contributed by atoms with E-state index in [1.54, 1.807) is 0 Å². The first kappa shape index (κ1) is 26.6. The van der Waals surface area contributed by atoms with Crippen LogP contribution >= 0.6 is 0 Å². The van der Waals surface area contributed by atoms with E-state index in [1.165, 1.54) is 0 Å². The van der Waals surface area contributed by atoms with Crippen molar-refractivity contribution in [1.82, 2.24) is 0 Å². The lowest BCUT2D eigenvalue weighted by molar-refractivity contribution is -0.155. The van der Waals surface area contributed by atoms with Gasteiger partial charge in [0.2, 0.25) is 0 Å². The SMILES string of the molecule is C=C(COc1ccc2ccccc2c1C1CC(OCC(=O)O)CC(CO)O1)CC1O[C@@H](C)CCC1O. The predicted molar refractivity (Wildman–Crippen MR) is 134 cm³/mol. The molecular formula is C28H36O8. The van der Waals surface area contributed by atoms with Gasteiger partial charge in [0.25, 0.3) is 0 Å². The van der Waals surface area contributed by atoms with Crippen LogP contribution in [0.3, 0.4) is 0 Å². The number of carbonyl (C=O) groups is 1. The first-order valence-corrected chi connectivity index (χ1v) is 12.6. The maximum Gasteiger partial charge on any atom is 0.329 e. The average molecular weight is 501 g/mol. The fourth-order valence-corrected chi connectivity index (χ4v) is 5.09. The second kappa shape index (κ2) is 12.2. The molecule has 2 saturated heterocycles. The van der Waals surface area contributed by atoms with E-state index in [0.29, 0.717) is 31.4 Å². The van der Waals surface area contributed by atoms with Crippen molar-refractivity contribution < 1.29 is 39.1 Å². The largest absolute Gasteiger partial charge is 0.489 e. The normalized spacial score (nSPS) is 28.6. The summed E-state index contributed by atoms with van der Waals surface area (Å²) in [5, 5.41) is 31.2. The molecule has 0 aromatic heterocycles. The minimum absolute atomic E-state index is 0.110. The van der Waals surface area contributed by atoms with Gasteiger partial charge >= 0.3 is 5.97 Å². The van der Waals surface area contributed by atoms with Crippen LogP contribution in [-0.2, 0) is 19.0 Å². The Morgan fingerprint density at radius 2 is 1.92 bits per heavy atom. The van der Waals surface area contributed by atoms with Crippen molar-refractivity contribution >= 4 is 16.7 Å². The van der Waals surface area contributed by atoms with Crippen molar-refractivity contribution in [2.75, 3.05) is 19.8 Å². The smallest absolute Gasteiger partial charge is 0.329 e. The number of aliphatic carboxylic acids is 1. The Balaban J connectivity index is 1.54. The van der Waals surface area contributed by atoms with E-state index < -0.39 is 30.9 Å². The van der Waals surface area contributed by atoms with E-state index in [4.69, 9.17) is 24.1 Å². The minimum Gasteiger partial charge on any atom is -0.489 e. The van der Waals surface area contributed by atoms with Crippen molar-refractivity contribution in [3.05, 3.63) is 54.1 Å². The van der Waals surface area contributed by atoms with Crippen molar-refractivity contribution in [3.8, 4) is 5.75 Å². The maximum absolute atomic E-state index is 11.0. The van der Waals surface area contributed by atoms with Crippen molar-refractivity contribution in [2.45, 2.75) is 75.7 Å². The van der Waals surface area contributed by atoms with Crippen molar-refractivity contribution in [2.24, 2.45) is 0 Å². The average Bonchev–Trinajstić information content (AvgIpc) is 2.87. The van der Waals surface area contributed by atoms with E-state index in [9.17, 15) is 15.0 Å². The molecule has 8 nitrogen and oxygen atoms in total. The summed E-state index contributed by atoms with van der Waals surface area (Å²) in [4.78, 5) is 11.0. The number of ether oxygens (including phenoxy) is 4. The van der Waals surface area contributed by atoms with Gasteiger partial charge in [-0.1, -0.05) is 36.9 Å². The van der Waals surface area contributed by atoms with Crippen LogP contribution in [0.25, 0.3) is 10.8 Å². The third kappa shape index (κ3) is 6.63. The lowest BCUT2D eigenvalue weighted by Gasteiger charge is -2.36. The highest BCUT2D eigenvalue weighted by Gasteiger charge is 2.34. The number of fused-ring (bicyclic) bond motifs is 1. The highest BCUT2D eigenvalue weighted by Crippen LogP contribution is 2.41. The fourth-order valence-electron chi connectivity index (χ4n) is 5.09. The van der Waals surface area contributed by atoms with E-state index in [1.807, 2.05) is 43.3 Å². The fraction of sp³-hybridized carbons (Fsp3) is 0.536. The van der Waals surface area contributed by atoms with Crippen molar-refractivity contribution in [3.63, 3.8) is 0 Å². The summed E-state index contributed by atoms with van der Waals surface area (Å²) in [5.41, 5.74) is 1.65. The third-order valence-electron chi connectivity index (χ3n) is 6.89. The molecule has 0 aliphatic carbocycles. The molecule has 196 valence electrons. The summed E-state index contributed by atoms with van der Waals surface area (Å²) >= 11 is 0. The number of hydrogen-bond donors (Lipinski definition) is 3. The van der Waals surface area contributed by atoms with Crippen LogP contribution in [0.1, 0.15) is 50.7 Å². The standard InChI is InChI=1S/C28H36O8/c1-17(11-25-23(30)9-7-18(2)35-25)15-34-24-10-8-19-5-3-4-6-22(19)28(24)26-13-20(33-16-27(31)32)12-21(14-29)36-26/h3-6,8,10,18,20-21,23,25-26,29-30H,1,7,9,11-16H2,2H3,(H,31,32)/t18-,20?,21?,23?,25?,26?/m0/s1. The van der Waals surface area contributed by atoms with Gasteiger partial charge in [-0.05, 0) is 42.2 Å². The molecule has 0 amide bonds. The quantitative estimate of drug-likeness (QED) is 0.423. The third-order valence-corrected chi connectivity index (χ3v) is 6.89. The van der Waals surface area contributed by atoms with Crippen LogP contribution in [0, 0.1) is 0 Å². The molecule has 0 spiro atoms. The van der Waals surface area contributed by atoms with Gasteiger partial charge in [-0.2, -0.15) is 0 Å². The van der Waals surface area contributed by atoms with Gasteiger partial charge in [0, 0.05) is 24.8 Å². The Kier molecular flexibility index (Phi) is 8.98. The Bertz CT molecular complexity index is 1050. The molecule has 36 heavy (non-hydrogen) atoms. The molecule has 0 bridgehead atoms. The predicted octanol–water partition coefficient (Wildman–Crippen LogP) is 3.78. The number of carboxylic acids is 1. The van der Waals surface area contributed by atoms with Gasteiger partial charge in [-0.3, -0.25) is 0 Å². The number of aliphatic hydroxyl groups is 2. The topological polar surface area (TPSA) is 115 Å². The molecule has 0 radical (unpaired) electrons. The number of hydrogen-bond acceptors (Lipinski definition) is 7. The van der Waals surface area contributed by atoms with Crippen LogP contribution < -0.4 is 4.74 Å². The summed E-state index contributed by atoms with van der Waals surface area (Å²) < 4.78 is 24.0. The molecule has 0 saturated carbocycles. The number of rotatable bonds is 10. The Labute approximate surface area is 211 Å². The van der Waals surface area contributed by atoms with Gasteiger partial charge in [0.15, 0.2) is 0 Å². The first-order chi connectivity index (χ1) is 17.3. The first-order valence-electron chi connectivity index (χ1n) is 12.6. The summed E-state index contributed by atoms with van der Waals surface area (Å²) in [7, 11) is 0. The van der Waals surface area contributed by atoms with Gasteiger partial charge < -0.3 is 34.3 Å². The van der Waals surface area contributed by atoms with Crippen molar-refractivity contribution in [1.29, 1.82) is 0 Å². The van der Waals surface area contributed by atoms with Gasteiger partial charge in [0.05, 0.1) is 43.2 Å². The second-order valence-corrected chi connectivity index (χ2v) is 9.80. The zero-order valence-electron chi connectivity index (χ0n) is 20.7. The van der Waals surface area contributed by atoms with Crippen LogP contribution in [0.5, 0.6) is 5.75 Å². The molecule has 2 aliphatic heterocycles. The van der Waals surface area contributed by atoms with E-state index in [0.717, 1.165) is 28.3 Å². The molecule has 4 rings (SSSR count). The summed E-state index contributed by atoms with van der Waals surface area (Å²) in [6, 6.07) is 11.8. The number of aliphatic hydroxyl groups excluding tert-OH is 2. The number of benzene rings is 2. The van der Waals surface area contributed by atoms with Gasteiger partial charge in [0.1, 0.15) is 19.0 Å². The summed E-state index contributed by atoms with van der Waals surface area (Å²) in [6.45, 7) is 5.82. The maximum atomic E-state index is 11.0. The molecule has 2 heterocycles. The lowest BCUT2D eigenvalue weighted by atomic mass is 9.91. The molecule has 2 aliphatic rings. The molecule has 2 aromatic rings. The summed E-state index contributed by atoms with van der Waals surface area (Å²) in [6.07, 6.45) is 0.928. The Hall–Kier alpha value is -2.49.